The number of anilines is 2. The zero-order valence-corrected chi connectivity index (χ0v) is 20.7. The number of rotatable bonds is 9. The summed E-state index contributed by atoms with van der Waals surface area (Å²) >= 11 is 3.14. The van der Waals surface area contributed by atoms with Crippen molar-refractivity contribution in [2.75, 3.05) is 49.6 Å². The summed E-state index contributed by atoms with van der Waals surface area (Å²) in [4.78, 5) is 35.0. The molecule has 178 valence electrons. The van der Waals surface area contributed by atoms with Gasteiger partial charge in [-0.05, 0) is 43.3 Å². The van der Waals surface area contributed by atoms with Gasteiger partial charge in [0.2, 0.25) is 5.91 Å². The van der Waals surface area contributed by atoms with Gasteiger partial charge >= 0.3 is 0 Å². The molecule has 1 aromatic heterocycles. The number of ether oxygens (including phenoxy) is 1. The Morgan fingerprint density at radius 3 is 2.62 bits per heavy atom. The van der Waals surface area contributed by atoms with Crippen LogP contribution >= 0.6 is 23.1 Å². The number of aromatic nitrogens is 1. The molecule has 1 saturated heterocycles. The van der Waals surface area contributed by atoms with Gasteiger partial charge in [0.25, 0.3) is 5.91 Å². The largest absolute Gasteiger partial charge is 0.378 e. The predicted molar refractivity (Wildman–Crippen MR) is 138 cm³/mol. The average Bonchev–Trinajstić information content (AvgIpc) is 3.40. The first kappa shape index (κ1) is 24.3. The van der Waals surface area contributed by atoms with Crippen molar-refractivity contribution in [2.45, 2.75) is 17.6 Å². The number of hydrogen-bond acceptors (Lipinski definition) is 7. The maximum absolute atomic E-state index is 13.3. The third-order valence-electron chi connectivity index (χ3n) is 5.51. The molecule has 0 spiro atoms. The number of likely N-dealkylation sites (N-methyl/N-ethyl adjacent to an activating group) is 1. The molecule has 1 aliphatic heterocycles. The number of nitrogens with zero attached hydrogens (tertiary/aromatic N) is 3. The van der Waals surface area contributed by atoms with Crippen LogP contribution in [0.4, 0.5) is 11.4 Å². The molecule has 7 nitrogen and oxygen atoms in total. The van der Waals surface area contributed by atoms with Crippen LogP contribution in [0.2, 0.25) is 0 Å². The Bertz CT molecular complexity index is 1080. The molecule has 0 saturated carbocycles. The highest BCUT2D eigenvalue weighted by atomic mass is 32.2. The number of nitrogens with one attached hydrogen (secondary N) is 1. The smallest absolute Gasteiger partial charge is 0.255 e. The number of carbonyl (C=O) groups excluding carboxylic acids is 2. The molecule has 34 heavy (non-hydrogen) atoms. The highest BCUT2D eigenvalue weighted by molar-refractivity contribution is 7.98. The first-order chi connectivity index (χ1) is 16.6. The third-order valence-corrected chi connectivity index (χ3v) is 7.25. The first-order valence-electron chi connectivity index (χ1n) is 11.2. The van der Waals surface area contributed by atoms with Gasteiger partial charge in [0.15, 0.2) is 0 Å². The summed E-state index contributed by atoms with van der Waals surface area (Å²) in [7, 11) is 0. The number of thiazole rings is 1. The van der Waals surface area contributed by atoms with E-state index in [1.165, 1.54) is 0 Å². The minimum absolute atomic E-state index is 0.00830. The summed E-state index contributed by atoms with van der Waals surface area (Å²) in [6.07, 6.45) is 0. The van der Waals surface area contributed by atoms with Crippen LogP contribution in [0.15, 0.2) is 64.3 Å². The number of carbonyl (C=O) groups is 2. The van der Waals surface area contributed by atoms with Gasteiger partial charge in [-0.25, -0.2) is 4.98 Å². The van der Waals surface area contributed by atoms with E-state index < -0.39 is 0 Å². The highest BCUT2D eigenvalue weighted by Crippen LogP contribution is 2.27. The Balaban J connectivity index is 1.36. The first-order valence-corrected chi connectivity index (χ1v) is 13.2. The molecule has 2 amide bonds. The second kappa shape index (κ2) is 12.0. The lowest BCUT2D eigenvalue weighted by atomic mass is 10.2. The van der Waals surface area contributed by atoms with Crippen molar-refractivity contribution in [3.63, 3.8) is 0 Å². The predicted octanol–water partition coefficient (Wildman–Crippen LogP) is 4.37. The van der Waals surface area contributed by atoms with Gasteiger partial charge in [-0.2, -0.15) is 0 Å². The molecule has 0 bridgehead atoms. The number of amides is 2. The maximum atomic E-state index is 13.3. The molecule has 0 atom stereocenters. The summed E-state index contributed by atoms with van der Waals surface area (Å²) in [5.41, 5.74) is 5.22. The summed E-state index contributed by atoms with van der Waals surface area (Å²) in [6, 6.07) is 15.3. The Hall–Kier alpha value is -2.88. The van der Waals surface area contributed by atoms with Crippen molar-refractivity contribution in [2.24, 2.45) is 0 Å². The van der Waals surface area contributed by atoms with E-state index in [4.69, 9.17) is 4.74 Å². The lowest BCUT2D eigenvalue weighted by Crippen LogP contribution is -2.38. The van der Waals surface area contributed by atoms with Gasteiger partial charge in [-0.15, -0.1) is 23.1 Å². The molecule has 4 rings (SSSR count). The van der Waals surface area contributed by atoms with Crippen LogP contribution in [-0.4, -0.2) is 61.1 Å². The zero-order chi connectivity index (χ0) is 23.8. The molecule has 0 radical (unpaired) electrons. The lowest BCUT2D eigenvalue weighted by Gasteiger charge is -2.29. The topological polar surface area (TPSA) is 74.8 Å². The molecule has 0 unspecified atom stereocenters. The van der Waals surface area contributed by atoms with Gasteiger partial charge in [-0.3, -0.25) is 9.59 Å². The van der Waals surface area contributed by atoms with Gasteiger partial charge < -0.3 is 19.9 Å². The minimum atomic E-state index is -0.220. The fourth-order valence-corrected chi connectivity index (χ4v) is 5.29. The fraction of sp³-hybridized carbons (Fsp3) is 0.320. The Morgan fingerprint density at radius 1 is 1.15 bits per heavy atom. The minimum Gasteiger partial charge on any atom is -0.378 e. The van der Waals surface area contributed by atoms with E-state index in [2.05, 4.69) is 15.2 Å². The zero-order valence-electron chi connectivity index (χ0n) is 19.1. The SMILES string of the molecule is CCN(CC(=O)Nc1ccc(N2CCOCC2)cc1)C(=O)c1ccccc1SCc1cscn1. The number of thioether (sulfide) groups is 1. The molecule has 1 aliphatic rings. The molecule has 1 fully saturated rings. The van der Waals surface area contributed by atoms with Crippen LogP contribution in [0.1, 0.15) is 23.0 Å². The van der Waals surface area contributed by atoms with E-state index in [0.29, 0.717) is 23.5 Å². The number of benzene rings is 2. The fourth-order valence-electron chi connectivity index (χ4n) is 3.68. The van der Waals surface area contributed by atoms with E-state index in [0.717, 1.165) is 42.6 Å². The van der Waals surface area contributed by atoms with Crippen LogP contribution in [0, 0.1) is 0 Å². The van der Waals surface area contributed by atoms with Crippen LogP contribution in [0.3, 0.4) is 0 Å². The number of hydrogen-bond donors (Lipinski definition) is 1. The van der Waals surface area contributed by atoms with Crippen LogP contribution < -0.4 is 10.2 Å². The van der Waals surface area contributed by atoms with Crippen LogP contribution in [-0.2, 0) is 15.3 Å². The van der Waals surface area contributed by atoms with E-state index in [1.807, 2.05) is 60.8 Å². The van der Waals surface area contributed by atoms with E-state index in [1.54, 1.807) is 33.5 Å². The lowest BCUT2D eigenvalue weighted by molar-refractivity contribution is -0.116. The summed E-state index contributed by atoms with van der Waals surface area (Å²) in [5, 5.41) is 4.92. The second-order valence-corrected chi connectivity index (χ2v) is 9.51. The summed E-state index contributed by atoms with van der Waals surface area (Å²) in [6.45, 7) is 5.50. The van der Waals surface area contributed by atoms with E-state index in [9.17, 15) is 9.59 Å². The van der Waals surface area contributed by atoms with Crippen LogP contribution in [0.5, 0.6) is 0 Å². The normalized spacial score (nSPS) is 13.5. The quantitative estimate of drug-likeness (QED) is 0.444. The highest BCUT2D eigenvalue weighted by Gasteiger charge is 2.20. The van der Waals surface area contributed by atoms with E-state index >= 15 is 0 Å². The second-order valence-electron chi connectivity index (χ2n) is 7.78. The van der Waals surface area contributed by atoms with Gasteiger partial charge in [-0.1, -0.05) is 12.1 Å². The van der Waals surface area contributed by atoms with Crippen molar-refractivity contribution < 1.29 is 14.3 Å². The van der Waals surface area contributed by atoms with Gasteiger partial charge in [0.1, 0.15) is 6.54 Å². The van der Waals surface area contributed by atoms with Crippen molar-refractivity contribution in [1.82, 2.24) is 9.88 Å². The Kier molecular flexibility index (Phi) is 8.56. The van der Waals surface area contributed by atoms with Crippen molar-refractivity contribution >= 4 is 46.3 Å². The monoisotopic (exact) mass is 496 g/mol. The average molecular weight is 497 g/mol. The van der Waals surface area contributed by atoms with Crippen molar-refractivity contribution in [3.05, 3.63) is 70.7 Å². The third kappa shape index (κ3) is 6.37. The molecule has 2 aromatic carbocycles. The van der Waals surface area contributed by atoms with Crippen LogP contribution in [0.25, 0.3) is 0 Å². The maximum Gasteiger partial charge on any atom is 0.255 e. The van der Waals surface area contributed by atoms with Crippen molar-refractivity contribution in [1.29, 1.82) is 0 Å². The van der Waals surface area contributed by atoms with Gasteiger partial charge in [0, 0.05) is 47.0 Å². The molecule has 2 heterocycles. The molecule has 1 N–H and O–H groups in total. The number of morpholine rings is 1. The summed E-state index contributed by atoms with van der Waals surface area (Å²) in [5.74, 6) is 0.324. The molecule has 9 heteroatoms. The Morgan fingerprint density at radius 2 is 1.91 bits per heavy atom. The van der Waals surface area contributed by atoms with Gasteiger partial charge in [0.05, 0.1) is 30.0 Å². The molecular weight excluding hydrogens is 468 g/mol. The summed E-state index contributed by atoms with van der Waals surface area (Å²) < 4.78 is 5.40. The molecule has 0 aliphatic carbocycles. The molecular formula is C25H28N4O3S2. The van der Waals surface area contributed by atoms with Crippen molar-refractivity contribution in [3.8, 4) is 0 Å². The van der Waals surface area contributed by atoms with E-state index in [-0.39, 0.29) is 18.4 Å². The molecule has 3 aromatic rings. The Labute approximate surface area is 208 Å². The standard InChI is InChI=1S/C25H28N4O3S2/c1-2-28(25(31)22-5-3-4-6-23(22)34-17-20-16-33-18-26-20)15-24(30)27-19-7-9-21(10-8-19)29-11-13-32-14-12-29/h3-10,16,18H,2,11-15,17H2,1H3,(H,27,30).